The minimum atomic E-state index is -0.105. The Bertz CT molecular complexity index is 808. The first kappa shape index (κ1) is 13.2. The highest BCUT2D eigenvalue weighted by atomic mass is 16.5. The van der Waals surface area contributed by atoms with E-state index < -0.39 is 0 Å². The monoisotopic (exact) mass is 282 g/mol. The minimum absolute atomic E-state index is 0.105. The van der Waals surface area contributed by atoms with Crippen molar-refractivity contribution < 1.29 is 14.3 Å². The van der Waals surface area contributed by atoms with Gasteiger partial charge in [0.15, 0.2) is 17.3 Å². The summed E-state index contributed by atoms with van der Waals surface area (Å²) in [5, 5.41) is 0.904. The van der Waals surface area contributed by atoms with Crippen LogP contribution in [0.3, 0.4) is 0 Å². The Morgan fingerprint density at radius 3 is 2.62 bits per heavy atom. The third kappa shape index (κ3) is 2.33. The number of aromatic amines is 1. The van der Waals surface area contributed by atoms with Crippen molar-refractivity contribution in [2.45, 2.75) is 0 Å². The third-order valence-corrected chi connectivity index (χ3v) is 3.31. The van der Waals surface area contributed by atoms with Gasteiger partial charge in [-0.25, -0.2) is 4.98 Å². The van der Waals surface area contributed by atoms with Crippen LogP contribution in [-0.2, 0) is 0 Å². The SMILES string of the molecule is COc1ccc(C(=O)c2cnc3[nH]ccc3c2)cc1OC. The van der Waals surface area contributed by atoms with Gasteiger partial charge in [0, 0.05) is 28.9 Å². The van der Waals surface area contributed by atoms with E-state index in [2.05, 4.69) is 9.97 Å². The number of H-pyrrole nitrogens is 1. The maximum Gasteiger partial charge on any atom is 0.194 e. The van der Waals surface area contributed by atoms with Crippen LogP contribution < -0.4 is 9.47 Å². The Kier molecular flexibility index (Phi) is 3.31. The number of carbonyl (C=O) groups excluding carboxylic acids is 1. The quantitative estimate of drug-likeness (QED) is 0.747. The van der Waals surface area contributed by atoms with Gasteiger partial charge in [0.25, 0.3) is 0 Å². The number of benzene rings is 1. The summed E-state index contributed by atoms with van der Waals surface area (Å²) in [7, 11) is 3.10. The normalized spacial score (nSPS) is 10.6. The first-order valence-corrected chi connectivity index (χ1v) is 6.43. The van der Waals surface area contributed by atoms with E-state index in [0.717, 1.165) is 11.0 Å². The van der Waals surface area contributed by atoms with E-state index in [4.69, 9.17) is 9.47 Å². The first-order chi connectivity index (χ1) is 10.2. The highest BCUT2D eigenvalue weighted by Crippen LogP contribution is 2.28. The van der Waals surface area contributed by atoms with Crippen LogP contribution in [0.2, 0.25) is 0 Å². The van der Waals surface area contributed by atoms with Crippen molar-refractivity contribution in [1.29, 1.82) is 0 Å². The molecule has 3 aromatic rings. The van der Waals surface area contributed by atoms with Crippen molar-refractivity contribution in [3.63, 3.8) is 0 Å². The molecule has 0 atom stereocenters. The van der Waals surface area contributed by atoms with Crippen molar-refractivity contribution in [1.82, 2.24) is 9.97 Å². The van der Waals surface area contributed by atoms with Gasteiger partial charge in [0.2, 0.25) is 0 Å². The van der Waals surface area contributed by atoms with Crippen molar-refractivity contribution in [2.24, 2.45) is 0 Å². The largest absolute Gasteiger partial charge is 0.493 e. The van der Waals surface area contributed by atoms with Gasteiger partial charge >= 0.3 is 0 Å². The summed E-state index contributed by atoms with van der Waals surface area (Å²) in [6.07, 6.45) is 3.36. The maximum atomic E-state index is 12.5. The average molecular weight is 282 g/mol. The molecule has 5 nitrogen and oxygen atoms in total. The number of nitrogens with one attached hydrogen (secondary N) is 1. The fraction of sp³-hybridized carbons (Fsp3) is 0.125. The molecule has 21 heavy (non-hydrogen) atoms. The van der Waals surface area contributed by atoms with Crippen LogP contribution >= 0.6 is 0 Å². The molecule has 2 heterocycles. The number of aromatic nitrogens is 2. The van der Waals surface area contributed by atoms with Gasteiger partial charge in [0.1, 0.15) is 5.65 Å². The number of ketones is 1. The van der Waals surface area contributed by atoms with E-state index in [1.807, 2.05) is 12.1 Å². The molecule has 0 bridgehead atoms. The molecule has 0 aliphatic rings. The number of nitrogens with zero attached hydrogens (tertiary/aromatic N) is 1. The molecular formula is C16H14N2O3. The van der Waals surface area contributed by atoms with Gasteiger partial charge < -0.3 is 14.5 Å². The first-order valence-electron chi connectivity index (χ1n) is 6.43. The summed E-state index contributed by atoms with van der Waals surface area (Å²) in [6.45, 7) is 0. The Morgan fingerprint density at radius 1 is 1.05 bits per heavy atom. The van der Waals surface area contributed by atoms with Crippen LogP contribution in [0.1, 0.15) is 15.9 Å². The van der Waals surface area contributed by atoms with E-state index in [1.54, 1.807) is 44.8 Å². The van der Waals surface area contributed by atoms with Gasteiger partial charge in [-0.2, -0.15) is 0 Å². The predicted molar refractivity (Wildman–Crippen MR) is 79.1 cm³/mol. The molecule has 0 aliphatic carbocycles. The molecule has 106 valence electrons. The number of pyridine rings is 1. The molecule has 0 unspecified atom stereocenters. The van der Waals surface area contributed by atoms with Crippen molar-refractivity contribution in [2.75, 3.05) is 14.2 Å². The zero-order chi connectivity index (χ0) is 14.8. The fourth-order valence-electron chi connectivity index (χ4n) is 2.21. The van der Waals surface area contributed by atoms with Crippen molar-refractivity contribution in [3.8, 4) is 11.5 Å². The zero-order valence-electron chi connectivity index (χ0n) is 11.7. The molecule has 0 saturated carbocycles. The number of hydrogen-bond acceptors (Lipinski definition) is 4. The van der Waals surface area contributed by atoms with E-state index in [0.29, 0.717) is 22.6 Å². The topological polar surface area (TPSA) is 64.2 Å². The standard InChI is InChI=1S/C16H14N2O3/c1-20-13-4-3-10(8-14(13)21-2)15(19)12-7-11-5-6-17-16(11)18-9-12/h3-9H,1-2H3,(H,17,18). The number of hydrogen-bond donors (Lipinski definition) is 1. The zero-order valence-corrected chi connectivity index (χ0v) is 11.7. The second-order valence-corrected chi connectivity index (χ2v) is 4.54. The maximum absolute atomic E-state index is 12.5. The molecule has 2 aromatic heterocycles. The van der Waals surface area contributed by atoms with Gasteiger partial charge in [-0.15, -0.1) is 0 Å². The summed E-state index contributed by atoms with van der Waals surface area (Å²) < 4.78 is 10.4. The lowest BCUT2D eigenvalue weighted by Crippen LogP contribution is -2.03. The number of rotatable bonds is 4. The van der Waals surface area contributed by atoms with Crippen LogP contribution in [0.4, 0.5) is 0 Å². The Balaban J connectivity index is 2.00. The van der Waals surface area contributed by atoms with Gasteiger partial charge in [-0.3, -0.25) is 4.79 Å². The van der Waals surface area contributed by atoms with Crippen LogP contribution in [0.5, 0.6) is 11.5 Å². The number of methoxy groups -OCH3 is 2. The molecule has 0 saturated heterocycles. The van der Waals surface area contributed by atoms with Crippen molar-refractivity contribution in [3.05, 3.63) is 53.9 Å². The van der Waals surface area contributed by atoms with Gasteiger partial charge in [-0.1, -0.05) is 0 Å². The fourth-order valence-corrected chi connectivity index (χ4v) is 2.21. The predicted octanol–water partition coefficient (Wildman–Crippen LogP) is 2.81. The van der Waals surface area contributed by atoms with Crippen LogP contribution in [0, 0.1) is 0 Å². The molecule has 0 spiro atoms. The summed E-state index contributed by atoms with van der Waals surface area (Å²) >= 11 is 0. The molecule has 0 radical (unpaired) electrons. The van der Waals surface area contributed by atoms with E-state index in [-0.39, 0.29) is 5.78 Å². The summed E-state index contributed by atoms with van der Waals surface area (Å²) in [4.78, 5) is 19.8. The molecule has 0 amide bonds. The molecule has 5 heteroatoms. The summed E-state index contributed by atoms with van der Waals surface area (Å²) in [5.41, 5.74) is 1.83. The number of carbonyl (C=O) groups is 1. The van der Waals surface area contributed by atoms with E-state index in [1.165, 1.54) is 0 Å². The smallest absolute Gasteiger partial charge is 0.194 e. The molecular weight excluding hydrogens is 268 g/mol. The Hall–Kier alpha value is -2.82. The second kappa shape index (κ2) is 5.28. The van der Waals surface area contributed by atoms with Crippen LogP contribution in [0.15, 0.2) is 42.7 Å². The number of ether oxygens (including phenoxy) is 2. The molecule has 1 aromatic carbocycles. The van der Waals surface area contributed by atoms with E-state index in [9.17, 15) is 4.79 Å². The summed E-state index contributed by atoms with van der Waals surface area (Å²) in [6, 6.07) is 8.80. The lowest BCUT2D eigenvalue weighted by Gasteiger charge is -2.09. The van der Waals surface area contributed by atoms with Gasteiger partial charge in [0.05, 0.1) is 14.2 Å². The average Bonchev–Trinajstić information content (AvgIpc) is 3.00. The van der Waals surface area contributed by atoms with E-state index >= 15 is 0 Å². The highest BCUT2D eigenvalue weighted by Gasteiger charge is 2.13. The lowest BCUT2D eigenvalue weighted by molar-refractivity contribution is 0.103. The molecule has 0 aliphatic heterocycles. The molecule has 0 fully saturated rings. The number of fused-ring (bicyclic) bond motifs is 1. The van der Waals surface area contributed by atoms with Gasteiger partial charge in [-0.05, 0) is 30.3 Å². The van der Waals surface area contributed by atoms with Crippen LogP contribution in [0.25, 0.3) is 11.0 Å². The minimum Gasteiger partial charge on any atom is -0.493 e. The van der Waals surface area contributed by atoms with Crippen LogP contribution in [-0.4, -0.2) is 30.0 Å². The molecule has 3 rings (SSSR count). The lowest BCUT2D eigenvalue weighted by atomic mass is 10.0. The summed E-state index contributed by atoms with van der Waals surface area (Å²) in [5.74, 6) is 1.01. The third-order valence-electron chi connectivity index (χ3n) is 3.31. The van der Waals surface area contributed by atoms with Crippen molar-refractivity contribution >= 4 is 16.8 Å². The molecule has 1 N–H and O–H groups in total. The Morgan fingerprint density at radius 2 is 1.86 bits per heavy atom. The Labute approximate surface area is 121 Å². The highest BCUT2D eigenvalue weighted by molar-refractivity contribution is 6.10. The second-order valence-electron chi connectivity index (χ2n) is 4.54.